The van der Waals surface area contributed by atoms with E-state index in [-0.39, 0.29) is 0 Å². The third-order valence-electron chi connectivity index (χ3n) is 1.08. The van der Waals surface area contributed by atoms with E-state index in [0.717, 1.165) is 13.0 Å². The Morgan fingerprint density at radius 3 is 2.90 bits per heavy atom. The number of ether oxygens (including phenoxy) is 1. The molecule has 0 rings (SSSR count). The van der Waals surface area contributed by atoms with Crippen molar-refractivity contribution in [3.8, 4) is 0 Å². The summed E-state index contributed by atoms with van der Waals surface area (Å²) < 4.78 is 4.85. The summed E-state index contributed by atoms with van der Waals surface area (Å²) in [6.45, 7) is 10.1. The molecule has 0 radical (unpaired) electrons. The highest BCUT2D eigenvalue weighted by Crippen LogP contribution is 1.89. The Hall–Kier alpha value is -0.920. The second-order valence-electron chi connectivity index (χ2n) is 1.99. The molecule has 1 N–H and O–H groups in total. The summed E-state index contributed by atoms with van der Waals surface area (Å²) in [5.74, 6) is 0.573. The molecule has 0 amide bonds. The molecule has 0 spiro atoms. The van der Waals surface area contributed by atoms with E-state index in [9.17, 15) is 0 Å². The van der Waals surface area contributed by atoms with Crippen LogP contribution in [0.1, 0.15) is 19.8 Å². The minimum Gasteiger partial charge on any atom is -0.450 e. The topological polar surface area (TPSA) is 21.3 Å². The average Bonchev–Trinajstić information content (AvgIpc) is 1.89. The number of rotatable bonds is 6. The van der Waals surface area contributed by atoms with E-state index in [4.69, 9.17) is 4.74 Å². The molecule has 0 aliphatic rings. The summed E-state index contributed by atoms with van der Waals surface area (Å²) >= 11 is 0. The van der Waals surface area contributed by atoms with Gasteiger partial charge in [-0.05, 0) is 13.0 Å². The highest BCUT2D eigenvalue weighted by Gasteiger charge is 1.87. The maximum atomic E-state index is 4.85. The van der Waals surface area contributed by atoms with Gasteiger partial charge in [0.2, 0.25) is 0 Å². The van der Waals surface area contributed by atoms with Crippen molar-refractivity contribution < 1.29 is 4.74 Å². The minimum absolute atomic E-state index is 0.573. The van der Waals surface area contributed by atoms with Crippen LogP contribution < -0.4 is 5.32 Å². The van der Waals surface area contributed by atoms with Gasteiger partial charge in [-0.1, -0.05) is 19.9 Å². The van der Waals surface area contributed by atoms with Crippen LogP contribution in [0.25, 0.3) is 0 Å². The average molecular weight is 141 g/mol. The van der Waals surface area contributed by atoms with E-state index in [1.807, 2.05) is 0 Å². The lowest BCUT2D eigenvalue weighted by molar-refractivity contribution is 0.317. The predicted octanol–water partition coefficient (Wildman–Crippen LogP) is 2.01. The zero-order valence-corrected chi connectivity index (χ0v) is 6.52. The molecule has 0 aliphatic heterocycles. The Labute approximate surface area is 62.6 Å². The molecule has 0 atom stereocenters. The normalized spacial score (nSPS) is 8.50. The van der Waals surface area contributed by atoms with Crippen LogP contribution in [0.15, 0.2) is 25.3 Å². The maximum absolute atomic E-state index is 4.85. The molecule has 2 heteroatoms. The summed E-state index contributed by atoms with van der Waals surface area (Å²) in [5.41, 5.74) is 0. The van der Waals surface area contributed by atoms with Crippen LogP contribution >= 0.6 is 0 Å². The molecular weight excluding hydrogens is 126 g/mol. The summed E-state index contributed by atoms with van der Waals surface area (Å²) in [7, 11) is 0. The molecule has 0 aromatic heterocycles. The fourth-order valence-corrected chi connectivity index (χ4v) is 0.547. The van der Waals surface area contributed by atoms with E-state index < -0.39 is 0 Å². The van der Waals surface area contributed by atoms with Gasteiger partial charge in [-0.25, -0.2) is 0 Å². The Balaban J connectivity index is 3.13. The van der Waals surface area contributed by atoms with Crippen molar-refractivity contribution in [1.29, 1.82) is 0 Å². The van der Waals surface area contributed by atoms with E-state index in [2.05, 4.69) is 25.4 Å². The first-order valence-electron chi connectivity index (χ1n) is 3.51. The van der Waals surface area contributed by atoms with Crippen LogP contribution in [0.5, 0.6) is 0 Å². The van der Waals surface area contributed by atoms with Gasteiger partial charge in [0.05, 0.1) is 6.26 Å². The fraction of sp³-hybridized carbons (Fsp3) is 0.500. The van der Waals surface area contributed by atoms with Gasteiger partial charge in [0.1, 0.15) is 0 Å². The molecule has 0 aliphatic carbocycles. The first-order chi connectivity index (χ1) is 4.81. The smallest absolute Gasteiger partial charge is 0.185 e. The number of hydrogen-bond donors (Lipinski definition) is 1. The molecule has 0 bridgehead atoms. The van der Waals surface area contributed by atoms with E-state index in [1.165, 1.54) is 12.7 Å². The van der Waals surface area contributed by atoms with Gasteiger partial charge in [-0.15, -0.1) is 0 Å². The van der Waals surface area contributed by atoms with Crippen LogP contribution in [0, 0.1) is 0 Å². The molecule has 0 aromatic rings. The molecule has 58 valence electrons. The lowest BCUT2D eigenvalue weighted by Gasteiger charge is -2.05. The Morgan fingerprint density at radius 1 is 1.70 bits per heavy atom. The van der Waals surface area contributed by atoms with Crippen LogP contribution in [-0.4, -0.2) is 6.54 Å². The van der Waals surface area contributed by atoms with Gasteiger partial charge in [0.15, 0.2) is 5.88 Å². The van der Waals surface area contributed by atoms with Crippen LogP contribution in [-0.2, 0) is 4.74 Å². The van der Waals surface area contributed by atoms with E-state index in [1.54, 1.807) is 0 Å². The Bertz CT molecular complexity index is 110. The van der Waals surface area contributed by atoms with Gasteiger partial charge >= 0.3 is 0 Å². The molecular formula is C8H15NO. The second-order valence-corrected chi connectivity index (χ2v) is 1.99. The standard InChI is InChI=1S/C8H15NO/c1-4-6-7-9-8(3)10-5-2/h5,9H,2-4,6-7H2,1H3. The van der Waals surface area contributed by atoms with Crippen LogP contribution in [0.2, 0.25) is 0 Å². The van der Waals surface area contributed by atoms with Crippen molar-refractivity contribution in [2.24, 2.45) is 0 Å². The van der Waals surface area contributed by atoms with Crippen molar-refractivity contribution in [3.63, 3.8) is 0 Å². The van der Waals surface area contributed by atoms with Gasteiger partial charge in [0, 0.05) is 6.54 Å². The largest absolute Gasteiger partial charge is 0.450 e. The lowest BCUT2D eigenvalue weighted by atomic mass is 10.3. The minimum atomic E-state index is 0.573. The molecule has 0 aromatic carbocycles. The second kappa shape index (κ2) is 6.20. The van der Waals surface area contributed by atoms with Gasteiger partial charge < -0.3 is 10.1 Å². The molecule has 10 heavy (non-hydrogen) atoms. The Morgan fingerprint density at radius 2 is 2.40 bits per heavy atom. The highest BCUT2D eigenvalue weighted by molar-refractivity contribution is 4.80. The van der Waals surface area contributed by atoms with Gasteiger partial charge in [-0.3, -0.25) is 0 Å². The van der Waals surface area contributed by atoms with Crippen molar-refractivity contribution in [1.82, 2.24) is 5.32 Å². The van der Waals surface area contributed by atoms with Crippen molar-refractivity contribution in [2.75, 3.05) is 6.54 Å². The quantitative estimate of drug-likeness (QED) is 0.451. The van der Waals surface area contributed by atoms with Crippen molar-refractivity contribution in [3.05, 3.63) is 25.3 Å². The first kappa shape index (κ1) is 9.08. The third-order valence-corrected chi connectivity index (χ3v) is 1.08. The molecule has 0 saturated carbocycles. The molecule has 2 nitrogen and oxygen atoms in total. The van der Waals surface area contributed by atoms with Crippen molar-refractivity contribution >= 4 is 0 Å². The summed E-state index contributed by atoms with van der Waals surface area (Å²) in [6, 6.07) is 0. The van der Waals surface area contributed by atoms with Crippen LogP contribution in [0.4, 0.5) is 0 Å². The Kier molecular flexibility index (Phi) is 5.63. The molecule has 0 unspecified atom stereocenters. The monoisotopic (exact) mass is 141 g/mol. The van der Waals surface area contributed by atoms with Gasteiger partial charge in [0.25, 0.3) is 0 Å². The summed E-state index contributed by atoms with van der Waals surface area (Å²) in [5, 5.41) is 3.00. The predicted molar refractivity (Wildman–Crippen MR) is 43.3 cm³/mol. The van der Waals surface area contributed by atoms with E-state index in [0.29, 0.717) is 5.88 Å². The summed E-state index contributed by atoms with van der Waals surface area (Å²) in [6.07, 6.45) is 3.68. The zero-order chi connectivity index (χ0) is 7.82. The first-order valence-corrected chi connectivity index (χ1v) is 3.51. The van der Waals surface area contributed by atoms with Crippen LogP contribution in [0.3, 0.4) is 0 Å². The lowest BCUT2D eigenvalue weighted by Crippen LogP contribution is -2.14. The zero-order valence-electron chi connectivity index (χ0n) is 6.52. The number of unbranched alkanes of at least 4 members (excludes halogenated alkanes) is 1. The fourth-order valence-electron chi connectivity index (χ4n) is 0.547. The van der Waals surface area contributed by atoms with E-state index >= 15 is 0 Å². The van der Waals surface area contributed by atoms with Crippen molar-refractivity contribution in [2.45, 2.75) is 19.8 Å². The SMILES string of the molecule is C=COC(=C)NCCCC. The maximum Gasteiger partial charge on any atom is 0.185 e. The molecule has 0 saturated heterocycles. The number of hydrogen-bond acceptors (Lipinski definition) is 2. The molecule has 0 fully saturated rings. The third kappa shape index (κ3) is 5.22. The highest BCUT2D eigenvalue weighted by atomic mass is 16.5. The molecule has 0 heterocycles. The van der Waals surface area contributed by atoms with Gasteiger partial charge in [-0.2, -0.15) is 0 Å². The number of nitrogens with one attached hydrogen (secondary N) is 1. The summed E-state index contributed by atoms with van der Waals surface area (Å²) in [4.78, 5) is 0.